The number of urea groups is 1. The van der Waals surface area contributed by atoms with Gasteiger partial charge in [0.25, 0.3) is 5.91 Å². The van der Waals surface area contributed by atoms with Gasteiger partial charge in [-0.2, -0.15) is 23.5 Å². The summed E-state index contributed by atoms with van der Waals surface area (Å²) >= 11 is 5.76. The summed E-state index contributed by atoms with van der Waals surface area (Å²) in [5.41, 5.74) is -1.89. The zero-order chi connectivity index (χ0) is 42.4. The van der Waals surface area contributed by atoms with Crippen molar-refractivity contribution < 1.29 is 37.0 Å². The molecule has 2 aromatic carbocycles. The lowest BCUT2D eigenvalue weighted by molar-refractivity contribution is -0.137. The van der Waals surface area contributed by atoms with Gasteiger partial charge in [0.05, 0.1) is 35.6 Å². The minimum Gasteiger partial charge on any atom is -0.490 e. The quantitative estimate of drug-likeness (QED) is 0.233. The molecule has 2 atom stereocenters. The fourth-order valence-corrected chi connectivity index (χ4v) is 9.75. The van der Waals surface area contributed by atoms with Gasteiger partial charge in [0.15, 0.2) is 10.9 Å². The first-order chi connectivity index (χ1) is 28.0. The number of rotatable bonds is 11. The number of halogens is 4. The number of nitrogens with one attached hydrogen (secondary N) is 1. The summed E-state index contributed by atoms with van der Waals surface area (Å²) in [5.74, 6) is 0.467. The van der Waals surface area contributed by atoms with Crippen LogP contribution in [0.5, 0.6) is 5.75 Å². The van der Waals surface area contributed by atoms with E-state index in [1.807, 2.05) is 30.1 Å². The number of para-hydroxylation sites is 1. The molecular weight excluding hydrogens is 823 g/mol. The van der Waals surface area contributed by atoms with Crippen LogP contribution in [-0.2, 0) is 27.5 Å². The van der Waals surface area contributed by atoms with Crippen molar-refractivity contribution in [1.29, 1.82) is 5.26 Å². The predicted octanol–water partition coefficient (Wildman–Crippen LogP) is 5.85. The normalized spacial score (nSPS) is 24.1. The number of fused-ring (bicyclic) bond motifs is 1. The second kappa shape index (κ2) is 17.8. The first-order valence-electron chi connectivity index (χ1n) is 20.1. The first-order valence-corrected chi connectivity index (χ1v) is 20.5. The van der Waals surface area contributed by atoms with Gasteiger partial charge >= 0.3 is 12.2 Å². The minimum absolute atomic E-state index is 0. The van der Waals surface area contributed by atoms with Crippen LogP contribution in [0.1, 0.15) is 70.9 Å². The van der Waals surface area contributed by atoms with Crippen molar-refractivity contribution in [3.05, 3.63) is 47.5 Å². The molecule has 1 saturated carbocycles. The van der Waals surface area contributed by atoms with Crippen LogP contribution in [0.3, 0.4) is 0 Å². The van der Waals surface area contributed by atoms with Gasteiger partial charge in [-0.05, 0) is 95.9 Å². The van der Waals surface area contributed by atoms with E-state index in [1.54, 1.807) is 24.6 Å². The SMILES string of the molecule is C[C@@H]1CN(CCOC2CCC(N3C(=S)N(c4ccc(C#N)c(C(F)(F)F)c4)C(=O)C3(C)C)CC2)C[C@H](C)N1CCOc1cccc2c(N3CCC(=O)NC3=O)nn(C)c12.Cl. The van der Waals surface area contributed by atoms with E-state index >= 15 is 0 Å². The third kappa shape index (κ3) is 8.78. The molecule has 60 heavy (non-hydrogen) atoms. The molecule has 4 fully saturated rings. The number of thiocarbonyl (C=S) groups is 1. The summed E-state index contributed by atoms with van der Waals surface area (Å²) in [6.07, 6.45) is -1.51. The van der Waals surface area contributed by atoms with Crippen molar-refractivity contribution in [3.8, 4) is 11.8 Å². The van der Waals surface area contributed by atoms with Crippen molar-refractivity contribution in [2.24, 2.45) is 7.05 Å². The van der Waals surface area contributed by atoms with E-state index in [4.69, 9.17) is 21.7 Å². The number of aromatic nitrogens is 2. The number of hydrogen-bond acceptors (Lipinski definition) is 10. The average molecular weight is 874 g/mol. The molecule has 14 nitrogen and oxygen atoms in total. The van der Waals surface area contributed by atoms with E-state index in [1.165, 1.54) is 15.9 Å². The molecule has 4 amide bonds. The summed E-state index contributed by atoms with van der Waals surface area (Å²) in [6.45, 7) is 12.6. The van der Waals surface area contributed by atoms with Gasteiger partial charge in [-0.3, -0.25) is 39.2 Å². The fourth-order valence-electron chi connectivity index (χ4n) is 9.19. The van der Waals surface area contributed by atoms with Crippen molar-refractivity contribution in [2.45, 2.75) is 95.7 Å². The number of aryl methyl sites for hydroxylation is 1. The van der Waals surface area contributed by atoms with Crippen molar-refractivity contribution in [1.82, 2.24) is 29.8 Å². The van der Waals surface area contributed by atoms with E-state index in [0.29, 0.717) is 24.8 Å². The summed E-state index contributed by atoms with van der Waals surface area (Å²) < 4.78 is 55.7. The molecule has 3 aliphatic heterocycles. The molecule has 4 aliphatic rings. The Labute approximate surface area is 358 Å². The molecule has 19 heteroatoms. The Hall–Kier alpha value is -4.54. The first kappa shape index (κ1) is 45.0. The van der Waals surface area contributed by atoms with Crippen LogP contribution in [-0.4, -0.2) is 123 Å². The second-order valence-electron chi connectivity index (χ2n) is 16.4. The van der Waals surface area contributed by atoms with E-state index < -0.39 is 34.8 Å². The molecule has 324 valence electrons. The number of ether oxygens (including phenoxy) is 2. The average Bonchev–Trinajstić information content (AvgIpc) is 3.60. The summed E-state index contributed by atoms with van der Waals surface area (Å²) in [6, 6.07) is 10.5. The molecule has 1 N–H and O–H groups in total. The fraction of sp³-hybridized carbons (Fsp3) is 0.561. The largest absolute Gasteiger partial charge is 0.490 e. The summed E-state index contributed by atoms with van der Waals surface area (Å²) in [7, 11) is 1.81. The van der Waals surface area contributed by atoms with E-state index in [-0.39, 0.29) is 66.3 Å². The van der Waals surface area contributed by atoms with E-state index in [2.05, 4.69) is 34.1 Å². The molecule has 7 rings (SSSR count). The third-order valence-corrected chi connectivity index (χ3v) is 12.5. The molecule has 4 heterocycles. The highest BCUT2D eigenvalue weighted by Crippen LogP contribution is 2.41. The lowest BCUT2D eigenvalue weighted by Crippen LogP contribution is -2.57. The number of anilines is 2. The van der Waals surface area contributed by atoms with Crippen LogP contribution in [0.25, 0.3) is 10.9 Å². The van der Waals surface area contributed by atoms with Gasteiger partial charge in [0.2, 0.25) is 5.91 Å². The Bertz CT molecular complexity index is 2160. The third-order valence-electron chi connectivity index (χ3n) is 12.1. The molecule has 0 radical (unpaired) electrons. The lowest BCUT2D eigenvalue weighted by Gasteiger charge is -2.44. The van der Waals surface area contributed by atoms with E-state index in [9.17, 15) is 32.8 Å². The van der Waals surface area contributed by atoms with Gasteiger partial charge < -0.3 is 14.4 Å². The smallest absolute Gasteiger partial charge is 0.417 e. The van der Waals surface area contributed by atoms with Gasteiger partial charge in [0, 0.05) is 69.7 Å². The number of carbonyl (C=O) groups is 3. The van der Waals surface area contributed by atoms with E-state index in [0.717, 1.165) is 74.9 Å². The van der Waals surface area contributed by atoms with Crippen molar-refractivity contribution >= 4 is 70.0 Å². The van der Waals surface area contributed by atoms with Gasteiger partial charge in [-0.15, -0.1) is 12.4 Å². The lowest BCUT2D eigenvalue weighted by atomic mass is 9.89. The zero-order valence-electron chi connectivity index (χ0n) is 34.3. The molecule has 0 spiro atoms. The maximum Gasteiger partial charge on any atom is 0.417 e. The van der Waals surface area contributed by atoms with Crippen LogP contribution in [0, 0.1) is 11.3 Å². The van der Waals surface area contributed by atoms with Crippen LogP contribution in [0.15, 0.2) is 36.4 Å². The Morgan fingerprint density at radius 1 is 1.02 bits per heavy atom. The van der Waals surface area contributed by atoms with Gasteiger partial charge in [-0.1, -0.05) is 6.07 Å². The molecule has 0 bridgehead atoms. The molecule has 1 aliphatic carbocycles. The zero-order valence-corrected chi connectivity index (χ0v) is 36.0. The topological polar surface area (TPSA) is 140 Å². The van der Waals surface area contributed by atoms with Crippen LogP contribution >= 0.6 is 24.6 Å². The second-order valence-corrected chi connectivity index (χ2v) is 16.8. The number of nitrogens with zero attached hydrogens (tertiary/aromatic N) is 8. The van der Waals surface area contributed by atoms with Gasteiger partial charge in [0.1, 0.15) is 23.4 Å². The van der Waals surface area contributed by atoms with Crippen molar-refractivity contribution in [3.63, 3.8) is 0 Å². The maximum atomic E-state index is 13.8. The van der Waals surface area contributed by atoms with Crippen molar-refractivity contribution in [2.75, 3.05) is 55.7 Å². The maximum absolute atomic E-state index is 13.8. The van der Waals surface area contributed by atoms with Crippen LogP contribution in [0.4, 0.5) is 29.5 Å². The highest BCUT2D eigenvalue weighted by atomic mass is 35.5. The molecule has 3 aromatic rings. The number of carbonyl (C=O) groups excluding carboxylic acids is 3. The van der Waals surface area contributed by atoms with Crippen LogP contribution in [0.2, 0.25) is 0 Å². The Balaban J connectivity index is 0.00000604. The number of imide groups is 1. The summed E-state index contributed by atoms with van der Waals surface area (Å²) in [5, 5.41) is 17.1. The minimum atomic E-state index is -4.76. The monoisotopic (exact) mass is 873 g/mol. The number of piperazine rings is 1. The number of benzene rings is 2. The molecule has 3 saturated heterocycles. The predicted molar refractivity (Wildman–Crippen MR) is 225 cm³/mol. The standard InChI is InChI=1S/C41H50F3N9O5S.ClH/c1-25-23-49(24-26(2)50(25)18-20-58-33-8-6-7-31-35(33)48(5)47-36(31)51-16-15-34(54)46-38(51)56)17-19-57-30-13-11-28(12-14-30)53-39(59)52(37(55)40(53,3)4)29-10-9-27(22-45)32(21-29)41(42,43)44;/h6-10,21,25-26,28,30H,11-20,23-24H2,1-5H3,(H,46,54,56);1H/t25-,26+,28?,30?;. The molecule has 1 aromatic heterocycles. The Morgan fingerprint density at radius 2 is 1.72 bits per heavy atom. The Kier molecular flexibility index (Phi) is 13.4. The number of hydrogen-bond donors (Lipinski definition) is 1. The highest BCUT2D eigenvalue weighted by molar-refractivity contribution is 7.80. The highest BCUT2D eigenvalue weighted by Gasteiger charge is 2.52. The number of nitriles is 1. The number of alkyl halides is 3. The van der Waals surface area contributed by atoms with Crippen LogP contribution < -0.4 is 19.9 Å². The molecular formula is C41H51ClF3N9O5S. The number of amides is 4. The Morgan fingerprint density at radius 3 is 2.37 bits per heavy atom. The van der Waals surface area contributed by atoms with Gasteiger partial charge in [-0.25, -0.2) is 4.79 Å². The summed E-state index contributed by atoms with van der Waals surface area (Å²) in [4.78, 5) is 47.3. The molecule has 0 unspecified atom stereocenters.